The molecule has 0 aromatic heterocycles. The second-order valence-corrected chi connectivity index (χ2v) is 3.57. The first kappa shape index (κ1) is 11.1. The van der Waals surface area contributed by atoms with Crippen molar-refractivity contribution in [2.45, 2.75) is 0 Å². The predicted molar refractivity (Wildman–Crippen MR) is 62.4 cm³/mol. The summed E-state index contributed by atoms with van der Waals surface area (Å²) in [5.74, 6) is -0.0701. The maximum absolute atomic E-state index is 11.7. The monoisotopic (exact) mass is 230 g/mol. The molecule has 0 radical (unpaired) electrons. The molecule has 5 heteroatoms. The molecular formula is C12H10N2O3. The zero-order valence-corrected chi connectivity index (χ0v) is 9.12. The zero-order valence-electron chi connectivity index (χ0n) is 9.12. The van der Waals surface area contributed by atoms with Crippen molar-refractivity contribution in [2.75, 3.05) is 7.05 Å². The van der Waals surface area contributed by atoms with E-state index in [-0.39, 0.29) is 23.2 Å². The number of amides is 1. The Bertz CT molecular complexity index is 529. The predicted octanol–water partition coefficient (Wildman–Crippen LogP) is 0.802. The number of amidine groups is 1. The fourth-order valence-corrected chi connectivity index (χ4v) is 1.45. The standard InChI is InChI=1S/C12H10N2O3/c1-14-11(7-15)13-10(12(14)17)6-8-2-4-9(16)5-3-8/h2-7,16H,1H3/b10-6+. The number of phenolic OH excluding ortho intramolecular Hbond substituents is 1. The van der Waals surface area contributed by atoms with Crippen molar-refractivity contribution in [3.05, 3.63) is 35.5 Å². The number of aliphatic imine (C=N–C) groups is 1. The Morgan fingerprint density at radius 3 is 2.47 bits per heavy atom. The van der Waals surface area contributed by atoms with Gasteiger partial charge in [-0.05, 0) is 23.8 Å². The molecule has 2 rings (SSSR count). The lowest BCUT2D eigenvalue weighted by molar-refractivity contribution is -0.122. The molecule has 0 aliphatic carbocycles. The van der Waals surface area contributed by atoms with Crippen LogP contribution in [0.5, 0.6) is 5.75 Å². The highest BCUT2D eigenvalue weighted by molar-refractivity contribution is 6.35. The minimum absolute atomic E-state index is 0.0972. The maximum atomic E-state index is 11.7. The highest BCUT2D eigenvalue weighted by Crippen LogP contribution is 2.17. The van der Waals surface area contributed by atoms with Gasteiger partial charge in [-0.1, -0.05) is 12.1 Å². The summed E-state index contributed by atoms with van der Waals surface area (Å²) in [5.41, 5.74) is 0.940. The normalized spacial score (nSPS) is 17.5. The van der Waals surface area contributed by atoms with Crippen LogP contribution in [0.4, 0.5) is 0 Å². The van der Waals surface area contributed by atoms with Crippen LogP contribution in [0, 0.1) is 0 Å². The number of benzene rings is 1. The van der Waals surface area contributed by atoms with Gasteiger partial charge in [0.2, 0.25) is 0 Å². The largest absolute Gasteiger partial charge is 0.508 e. The number of carbonyl (C=O) groups is 2. The molecule has 0 unspecified atom stereocenters. The third-order valence-corrected chi connectivity index (χ3v) is 2.40. The molecule has 1 aliphatic rings. The van der Waals surface area contributed by atoms with E-state index < -0.39 is 0 Å². The second-order valence-electron chi connectivity index (χ2n) is 3.57. The van der Waals surface area contributed by atoms with Crippen LogP contribution in [0.15, 0.2) is 35.0 Å². The lowest BCUT2D eigenvalue weighted by Gasteiger charge is -2.05. The van der Waals surface area contributed by atoms with E-state index in [1.807, 2.05) is 0 Å². The number of hydrogen-bond acceptors (Lipinski definition) is 4. The van der Waals surface area contributed by atoms with Gasteiger partial charge >= 0.3 is 0 Å². The summed E-state index contributed by atoms with van der Waals surface area (Å²) in [6.07, 6.45) is 2.10. The fourth-order valence-electron chi connectivity index (χ4n) is 1.45. The van der Waals surface area contributed by atoms with Crippen LogP contribution in [0.2, 0.25) is 0 Å². The Hall–Kier alpha value is -2.43. The molecule has 5 nitrogen and oxygen atoms in total. The summed E-state index contributed by atoms with van der Waals surface area (Å²) in [6, 6.07) is 6.34. The van der Waals surface area contributed by atoms with Crippen LogP contribution in [0.25, 0.3) is 6.08 Å². The van der Waals surface area contributed by atoms with E-state index in [2.05, 4.69) is 4.99 Å². The van der Waals surface area contributed by atoms with Gasteiger partial charge in [0, 0.05) is 7.05 Å². The first-order valence-electron chi connectivity index (χ1n) is 4.94. The topological polar surface area (TPSA) is 70.0 Å². The Morgan fingerprint density at radius 2 is 1.94 bits per heavy atom. The van der Waals surface area contributed by atoms with E-state index in [1.165, 1.54) is 24.1 Å². The third kappa shape index (κ3) is 2.08. The van der Waals surface area contributed by atoms with Crippen molar-refractivity contribution in [3.63, 3.8) is 0 Å². The van der Waals surface area contributed by atoms with Crippen LogP contribution >= 0.6 is 0 Å². The van der Waals surface area contributed by atoms with Gasteiger partial charge in [-0.2, -0.15) is 0 Å². The van der Waals surface area contributed by atoms with Gasteiger partial charge in [0.25, 0.3) is 5.91 Å². The zero-order chi connectivity index (χ0) is 12.4. The average Bonchev–Trinajstić information content (AvgIpc) is 2.60. The summed E-state index contributed by atoms with van der Waals surface area (Å²) < 4.78 is 0. The number of phenols is 1. The lowest BCUT2D eigenvalue weighted by atomic mass is 10.2. The summed E-state index contributed by atoms with van der Waals surface area (Å²) in [5, 5.41) is 9.12. The van der Waals surface area contributed by atoms with Gasteiger partial charge < -0.3 is 5.11 Å². The number of rotatable bonds is 2. The van der Waals surface area contributed by atoms with Gasteiger partial charge in [0.15, 0.2) is 12.1 Å². The molecule has 0 atom stereocenters. The first-order valence-corrected chi connectivity index (χ1v) is 4.94. The Balaban J connectivity index is 2.35. The molecule has 1 aliphatic heterocycles. The first-order chi connectivity index (χ1) is 8.11. The Morgan fingerprint density at radius 1 is 1.29 bits per heavy atom. The summed E-state index contributed by atoms with van der Waals surface area (Å²) in [7, 11) is 1.49. The highest BCUT2D eigenvalue weighted by Gasteiger charge is 2.25. The van der Waals surface area contributed by atoms with Crippen molar-refractivity contribution < 1.29 is 14.7 Å². The number of aromatic hydroxyl groups is 1. The molecule has 1 aromatic rings. The molecule has 0 spiro atoms. The van der Waals surface area contributed by atoms with Crippen molar-refractivity contribution in [2.24, 2.45) is 4.99 Å². The average molecular weight is 230 g/mol. The van der Waals surface area contributed by atoms with Crippen LogP contribution in [0.3, 0.4) is 0 Å². The SMILES string of the molecule is CN1C(=O)/C(=C\c2ccc(O)cc2)N=C1C=O. The quantitative estimate of drug-likeness (QED) is 0.603. The summed E-state index contributed by atoms with van der Waals surface area (Å²) in [6.45, 7) is 0. The molecule has 1 amide bonds. The molecular weight excluding hydrogens is 220 g/mol. The van der Waals surface area contributed by atoms with Gasteiger partial charge in [-0.25, -0.2) is 4.99 Å². The van der Waals surface area contributed by atoms with Crippen molar-refractivity contribution in [1.29, 1.82) is 0 Å². The number of likely N-dealkylation sites (N-methyl/N-ethyl adjacent to an activating group) is 1. The Labute approximate surface area is 97.7 Å². The fraction of sp³-hybridized carbons (Fsp3) is 0.0833. The summed E-state index contributed by atoms with van der Waals surface area (Å²) in [4.78, 5) is 27.4. The van der Waals surface area contributed by atoms with E-state index in [4.69, 9.17) is 5.11 Å². The van der Waals surface area contributed by atoms with Crippen molar-refractivity contribution in [1.82, 2.24) is 4.90 Å². The smallest absolute Gasteiger partial charge is 0.277 e. The van der Waals surface area contributed by atoms with E-state index >= 15 is 0 Å². The number of nitrogens with zero attached hydrogens (tertiary/aromatic N) is 2. The van der Waals surface area contributed by atoms with Crippen molar-refractivity contribution in [3.8, 4) is 5.75 Å². The van der Waals surface area contributed by atoms with Gasteiger partial charge in [-0.3, -0.25) is 14.5 Å². The van der Waals surface area contributed by atoms with Crippen molar-refractivity contribution >= 4 is 24.1 Å². The van der Waals surface area contributed by atoms with E-state index in [0.29, 0.717) is 6.29 Å². The van der Waals surface area contributed by atoms with Crippen LogP contribution < -0.4 is 0 Å². The van der Waals surface area contributed by atoms with Gasteiger partial charge in [0.1, 0.15) is 11.4 Å². The molecule has 1 heterocycles. The Kier molecular flexibility index (Phi) is 2.74. The number of carbonyl (C=O) groups excluding carboxylic acids is 2. The molecule has 1 aromatic carbocycles. The van der Waals surface area contributed by atoms with Crippen LogP contribution in [-0.4, -0.2) is 35.1 Å². The molecule has 17 heavy (non-hydrogen) atoms. The molecule has 86 valence electrons. The molecule has 0 saturated carbocycles. The van der Waals surface area contributed by atoms with Crippen LogP contribution in [0.1, 0.15) is 5.56 Å². The molecule has 0 saturated heterocycles. The van der Waals surface area contributed by atoms with E-state index in [0.717, 1.165) is 5.56 Å². The van der Waals surface area contributed by atoms with E-state index in [9.17, 15) is 9.59 Å². The number of aldehydes is 1. The van der Waals surface area contributed by atoms with E-state index in [1.54, 1.807) is 18.2 Å². The second kappa shape index (κ2) is 4.21. The number of hydrogen-bond donors (Lipinski definition) is 1. The highest BCUT2D eigenvalue weighted by atomic mass is 16.3. The third-order valence-electron chi connectivity index (χ3n) is 2.40. The maximum Gasteiger partial charge on any atom is 0.277 e. The molecule has 0 fully saturated rings. The lowest BCUT2D eigenvalue weighted by Crippen LogP contribution is -2.28. The van der Waals surface area contributed by atoms with Gasteiger partial charge in [0.05, 0.1) is 0 Å². The minimum atomic E-state index is -0.319. The van der Waals surface area contributed by atoms with Gasteiger partial charge in [-0.15, -0.1) is 0 Å². The summed E-state index contributed by atoms with van der Waals surface area (Å²) >= 11 is 0. The van der Waals surface area contributed by atoms with Crippen LogP contribution in [-0.2, 0) is 9.59 Å². The molecule has 0 bridgehead atoms. The minimum Gasteiger partial charge on any atom is -0.508 e. The molecule has 1 N–H and O–H groups in total.